The summed E-state index contributed by atoms with van der Waals surface area (Å²) in [6.45, 7) is 8.44. The Kier molecular flexibility index (Phi) is 5.91. The van der Waals surface area contributed by atoms with E-state index >= 15 is 0 Å². The number of halogens is 1. The molecule has 1 saturated heterocycles. The lowest BCUT2D eigenvalue weighted by molar-refractivity contribution is 0.0685. The minimum absolute atomic E-state index is 0. The number of amides is 1. The van der Waals surface area contributed by atoms with Crippen LogP contribution in [0.1, 0.15) is 49.3 Å². The van der Waals surface area contributed by atoms with Crippen LogP contribution in [-0.2, 0) is 19.6 Å². The molecule has 1 aliphatic carbocycles. The SMILES string of the molecule is CCn1cc(C(=O)N(Cc2nccn2CC)C2CC23CCNCC3)cn1.Cl. The summed E-state index contributed by atoms with van der Waals surface area (Å²) in [5.74, 6) is 1.04. The van der Waals surface area contributed by atoms with Crippen molar-refractivity contribution in [2.45, 2.75) is 58.8 Å². The molecule has 148 valence electrons. The Hall–Kier alpha value is -1.86. The number of aryl methyl sites for hydroxylation is 2. The number of carbonyl (C=O) groups is 1. The third kappa shape index (κ3) is 3.75. The van der Waals surface area contributed by atoms with E-state index in [-0.39, 0.29) is 18.3 Å². The van der Waals surface area contributed by atoms with Gasteiger partial charge in [-0.15, -0.1) is 12.4 Å². The van der Waals surface area contributed by atoms with Gasteiger partial charge in [-0.3, -0.25) is 9.48 Å². The van der Waals surface area contributed by atoms with Gasteiger partial charge in [0.1, 0.15) is 5.82 Å². The maximum Gasteiger partial charge on any atom is 0.257 e. The van der Waals surface area contributed by atoms with Crippen LogP contribution in [0.15, 0.2) is 24.8 Å². The average Bonchev–Trinajstić information content (AvgIpc) is 3.07. The molecule has 7 nitrogen and oxygen atoms in total. The minimum atomic E-state index is 0. The van der Waals surface area contributed by atoms with Gasteiger partial charge in [-0.1, -0.05) is 0 Å². The Morgan fingerprint density at radius 2 is 2.11 bits per heavy atom. The molecule has 0 aromatic carbocycles. The summed E-state index contributed by atoms with van der Waals surface area (Å²) in [5.41, 5.74) is 0.975. The van der Waals surface area contributed by atoms with Crippen molar-refractivity contribution in [3.05, 3.63) is 36.2 Å². The standard InChI is InChI=1S/C19H28N6O.ClH/c1-3-23-10-9-21-17(23)14-25(16-11-19(16)5-7-20-8-6-19)18(26)15-12-22-24(4-2)13-15;/h9-10,12-13,16,20H,3-8,11,14H2,1-2H3;1H. The summed E-state index contributed by atoms with van der Waals surface area (Å²) < 4.78 is 3.93. The molecule has 2 aromatic rings. The molecule has 8 heteroatoms. The van der Waals surface area contributed by atoms with Crippen LogP contribution in [0, 0.1) is 5.41 Å². The predicted octanol–water partition coefficient (Wildman–Crippen LogP) is 2.33. The second-order valence-electron chi connectivity index (χ2n) is 7.48. The van der Waals surface area contributed by atoms with E-state index in [1.807, 2.05) is 30.2 Å². The first-order valence-electron chi connectivity index (χ1n) is 9.71. The van der Waals surface area contributed by atoms with Crippen molar-refractivity contribution < 1.29 is 4.79 Å². The number of carbonyl (C=O) groups excluding carboxylic acids is 1. The first-order chi connectivity index (χ1) is 12.7. The second-order valence-corrected chi connectivity index (χ2v) is 7.48. The van der Waals surface area contributed by atoms with Gasteiger partial charge >= 0.3 is 0 Å². The van der Waals surface area contributed by atoms with Gasteiger partial charge in [0, 0.05) is 37.7 Å². The number of hydrogen-bond donors (Lipinski definition) is 1. The number of piperidine rings is 1. The van der Waals surface area contributed by atoms with Crippen molar-refractivity contribution in [2.75, 3.05) is 13.1 Å². The molecule has 1 saturated carbocycles. The molecule has 2 fully saturated rings. The monoisotopic (exact) mass is 392 g/mol. The van der Waals surface area contributed by atoms with Crippen molar-refractivity contribution in [1.29, 1.82) is 0 Å². The molecule has 1 aliphatic heterocycles. The zero-order chi connectivity index (χ0) is 18.1. The summed E-state index contributed by atoms with van der Waals surface area (Å²) in [6.07, 6.45) is 10.8. The zero-order valence-corrected chi connectivity index (χ0v) is 16.9. The van der Waals surface area contributed by atoms with Crippen LogP contribution in [0.3, 0.4) is 0 Å². The average molecular weight is 393 g/mol. The fourth-order valence-corrected chi connectivity index (χ4v) is 4.30. The normalized spacial score (nSPS) is 20.3. The quantitative estimate of drug-likeness (QED) is 0.819. The highest BCUT2D eigenvalue weighted by atomic mass is 35.5. The maximum absolute atomic E-state index is 13.3. The highest BCUT2D eigenvalue weighted by Gasteiger charge is 2.58. The molecule has 1 atom stereocenters. The number of aromatic nitrogens is 4. The lowest BCUT2D eigenvalue weighted by Gasteiger charge is -2.29. The van der Waals surface area contributed by atoms with Crippen LogP contribution >= 0.6 is 12.4 Å². The van der Waals surface area contributed by atoms with E-state index in [1.54, 1.807) is 6.20 Å². The van der Waals surface area contributed by atoms with E-state index in [9.17, 15) is 4.79 Å². The summed E-state index contributed by atoms with van der Waals surface area (Å²) in [7, 11) is 0. The van der Waals surface area contributed by atoms with Gasteiger partial charge < -0.3 is 14.8 Å². The summed E-state index contributed by atoms with van der Waals surface area (Å²) in [4.78, 5) is 19.9. The maximum atomic E-state index is 13.3. The fourth-order valence-electron chi connectivity index (χ4n) is 4.30. The highest BCUT2D eigenvalue weighted by molar-refractivity contribution is 5.94. The number of hydrogen-bond acceptors (Lipinski definition) is 4. The first-order valence-corrected chi connectivity index (χ1v) is 9.71. The van der Waals surface area contributed by atoms with E-state index < -0.39 is 0 Å². The highest BCUT2D eigenvalue weighted by Crippen LogP contribution is 2.56. The first kappa shape index (κ1) is 19.9. The molecule has 0 radical (unpaired) electrons. The molecule has 1 amide bonds. The number of rotatable bonds is 6. The van der Waals surface area contributed by atoms with Gasteiger partial charge in [-0.2, -0.15) is 5.10 Å². The smallest absolute Gasteiger partial charge is 0.257 e. The van der Waals surface area contributed by atoms with Crippen LogP contribution in [-0.4, -0.2) is 49.3 Å². The Labute approximate surface area is 166 Å². The molecule has 1 unspecified atom stereocenters. The molecule has 27 heavy (non-hydrogen) atoms. The van der Waals surface area contributed by atoms with Gasteiger partial charge in [0.05, 0.1) is 18.3 Å². The molecule has 4 rings (SSSR count). The number of imidazole rings is 1. The van der Waals surface area contributed by atoms with Gasteiger partial charge in [0.25, 0.3) is 5.91 Å². The van der Waals surface area contributed by atoms with Crippen LogP contribution in [0.2, 0.25) is 0 Å². The lowest BCUT2D eigenvalue weighted by atomic mass is 9.93. The molecule has 2 aromatic heterocycles. The van der Waals surface area contributed by atoms with Crippen molar-refractivity contribution in [3.8, 4) is 0 Å². The lowest BCUT2D eigenvalue weighted by Crippen LogP contribution is -2.39. The summed E-state index contributed by atoms with van der Waals surface area (Å²) in [5, 5.41) is 7.73. The largest absolute Gasteiger partial charge is 0.334 e. The Morgan fingerprint density at radius 3 is 2.78 bits per heavy atom. The van der Waals surface area contributed by atoms with E-state index in [4.69, 9.17) is 0 Å². The Morgan fingerprint density at radius 1 is 1.33 bits per heavy atom. The Bertz CT molecular complexity index is 779. The van der Waals surface area contributed by atoms with Gasteiger partial charge in [-0.25, -0.2) is 4.98 Å². The molecule has 1 spiro atoms. The van der Waals surface area contributed by atoms with Crippen molar-refractivity contribution in [2.24, 2.45) is 5.41 Å². The third-order valence-corrected chi connectivity index (χ3v) is 6.04. The minimum Gasteiger partial charge on any atom is -0.334 e. The van der Waals surface area contributed by atoms with Gasteiger partial charge in [0.15, 0.2) is 0 Å². The van der Waals surface area contributed by atoms with Crippen molar-refractivity contribution in [3.63, 3.8) is 0 Å². The molecular formula is C19H29ClN6O. The molecule has 2 aliphatic rings. The zero-order valence-electron chi connectivity index (χ0n) is 16.1. The Balaban J connectivity index is 0.00000210. The van der Waals surface area contributed by atoms with Gasteiger partial charge in [-0.05, 0) is 51.6 Å². The molecule has 1 N–H and O–H groups in total. The van der Waals surface area contributed by atoms with Crippen LogP contribution in [0.25, 0.3) is 0 Å². The van der Waals surface area contributed by atoms with Gasteiger partial charge in [0.2, 0.25) is 0 Å². The summed E-state index contributed by atoms with van der Waals surface area (Å²) in [6, 6.07) is 0.309. The van der Waals surface area contributed by atoms with E-state index in [1.165, 1.54) is 0 Å². The second kappa shape index (κ2) is 8.02. The van der Waals surface area contributed by atoms with E-state index in [0.717, 1.165) is 51.3 Å². The van der Waals surface area contributed by atoms with Crippen LogP contribution < -0.4 is 5.32 Å². The number of nitrogens with zero attached hydrogens (tertiary/aromatic N) is 5. The third-order valence-electron chi connectivity index (χ3n) is 6.04. The van der Waals surface area contributed by atoms with E-state index in [0.29, 0.717) is 23.6 Å². The topological polar surface area (TPSA) is 68.0 Å². The fraction of sp³-hybridized carbons (Fsp3) is 0.632. The van der Waals surface area contributed by atoms with E-state index in [2.05, 4.69) is 31.8 Å². The van der Waals surface area contributed by atoms with Crippen molar-refractivity contribution >= 4 is 18.3 Å². The molecular weight excluding hydrogens is 364 g/mol. The summed E-state index contributed by atoms with van der Waals surface area (Å²) >= 11 is 0. The van der Waals surface area contributed by atoms with Crippen LogP contribution in [0.5, 0.6) is 0 Å². The van der Waals surface area contributed by atoms with Crippen molar-refractivity contribution in [1.82, 2.24) is 29.5 Å². The predicted molar refractivity (Wildman–Crippen MR) is 106 cm³/mol. The molecule has 3 heterocycles. The van der Waals surface area contributed by atoms with Crippen LogP contribution in [0.4, 0.5) is 0 Å². The molecule has 0 bridgehead atoms. The number of nitrogens with one attached hydrogen (secondary N) is 1.